The Morgan fingerprint density at radius 2 is 2.36 bits per heavy atom. The predicted molar refractivity (Wildman–Crippen MR) is 47.2 cm³/mol. The molecule has 62 valence electrons. The third-order valence-corrected chi connectivity index (χ3v) is 2.51. The molecule has 0 aromatic heterocycles. The molecule has 0 radical (unpaired) electrons. The van der Waals surface area contributed by atoms with Crippen LogP contribution in [0.2, 0.25) is 0 Å². The van der Waals surface area contributed by atoms with Crippen molar-refractivity contribution in [1.29, 1.82) is 0 Å². The predicted octanol–water partition coefficient (Wildman–Crippen LogP) is 1.86. The molecule has 2 atom stereocenters. The average molecular weight is 172 g/mol. The zero-order valence-corrected chi connectivity index (χ0v) is 8.04. The molecule has 0 fully saturated rings. The highest BCUT2D eigenvalue weighted by molar-refractivity contribution is 7.09. The van der Waals surface area contributed by atoms with E-state index in [-0.39, 0.29) is 11.9 Å². The van der Waals surface area contributed by atoms with Gasteiger partial charge in [0.15, 0.2) is 5.78 Å². The van der Waals surface area contributed by atoms with Gasteiger partial charge in [0.2, 0.25) is 0 Å². The second-order valence-corrected chi connectivity index (χ2v) is 3.04. The normalized spacial score (nSPS) is 25.0. The van der Waals surface area contributed by atoms with E-state index < -0.39 is 0 Å². The van der Waals surface area contributed by atoms with Crippen LogP contribution in [0.1, 0.15) is 26.7 Å². The van der Waals surface area contributed by atoms with Crippen molar-refractivity contribution in [3.63, 3.8) is 0 Å². The van der Waals surface area contributed by atoms with E-state index >= 15 is 0 Å². The lowest BCUT2D eigenvalue weighted by atomic mass is 10.1. The fraction of sp³-hybridized carbons (Fsp3) is 0.625. The highest BCUT2D eigenvalue weighted by atomic mass is 31.0. The summed E-state index contributed by atoms with van der Waals surface area (Å²) < 4.78 is 5.06. The first kappa shape index (κ1) is 8.89. The van der Waals surface area contributed by atoms with Gasteiger partial charge in [0, 0.05) is 15.9 Å². The molecule has 0 aliphatic heterocycles. The van der Waals surface area contributed by atoms with E-state index in [9.17, 15) is 4.79 Å². The maximum Gasteiger partial charge on any atom is 0.161 e. The lowest BCUT2D eigenvalue weighted by Crippen LogP contribution is -2.05. The minimum atomic E-state index is 0.0162. The van der Waals surface area contributed by atoms with Crippen molar-refractivity contribution >= 4 is 15.2 Å². The van der Waals surface area contributed by atoms with Crippen LogP contribution in [-0.2, 0) is 9.32 Å². The van der Waals surface area contributed by atoms with Crippen LogP contribution >= 0.6 is 9.47 Å². The number of rotatable bonds is 2. The van der Waals surface area contributed by atoms with Gasteiger partial charge in [0.05, 0.1) is 6.10 Å². The topological polar surface area (TPSA) is 26.3 Å². The molecule has 0 aromatic carbocycles. The number of ketones is 1. The summed E-state index contributed by atoms with van der Waals surface area (Å²) >= 11 is 0. The van der Waals surface area contributed by atoms with Gasteiger partial charge in [-0.05, 0) is 24.5 Å². The first-order valence-electron chi connectivity index (χ1n) is 3.79. The second-order valence-electron chi connectivity index (χ2n) is 2.77. The van der Waals surface area contributed by atoms with Crippen LogP contribution in [0, 0.1) is 0 Å². The SMILES string of the molecule is CCC1=C(C)[C@H](OP)CC1=O. The van der Waals surface area contributed by atoms with Crippen LogP contribution in [0.3, 0.4) is 0 Å². The molecular weight excluding hydrogens is 159 g/mol. The van der Waals surface area contributed by atoms with E-state index in [2.05, 4.69) is 9.47 Å². The van der Waals surface area contributed by atoms with Crippen molar-refractivity contribution in [3.05, 3.63) is 11.1 Å². The number of hydrogen-bond acceptors (Lipinski definition) is 2. The zero-order chi connectivity index (χ0) is 8.43. The van der Waals surface area contributed by atoms with Gasteiger partial charge >= 0.3 is 0 Å². The van der Waals surface area contributed by atoms with E-state index in [1.807, 2.05) is 13.8 Å². The highest BCUT2D eigenvalue weighted by Crippen LogP contribution is 2.28. The first-order chi connectivity index (χ1) is 5.20. The average Bonchev–Trinajstić information content (AvgIpc) is 2.26. The molecule has 1 aliphatic carbocycles. The van der Waals surface area contributed by atoms with Gasteiger partial charge in [0.25, 0.3) is 0 Å². The van der Waals surface area contributed by atoms with Gasteiger partial charge < -0.3 is 4.52 Å². The van der Waals surface area contributed by atoms with E-state index in [0.717, 1.165) is 17.6 Å². The van der Waals surface area contributed by atoms with Crippen LogP contribution in [-0.4, -0.2) is 11.9 Å². The van der Waals surface area contributed by atoms with E-state index in [1.165, 1.54) is 0 Å². The third kappa shape index (κ3) is 1.52. The molecule has 11 heavy (non-hydrogen) atoms. The van der Waals surface area contributed by atoms with Gasteiger partial charge in [-0.3, -0.25) is 4.79 Å². The Kier molecular flexibility index (Phi) is 2.80. The number of hydrogen-bond donors (Lipinski definition) is 0. The van der Waals surface area contributed by atoms with E-state index in [1.54, 1.807) is 0 Å². The Hall–Kier alpha value is -0.200. The number of Topliss-reactive ketones (excluding diaryl/α,β-unsaturated/α-hetero) is 1. The van der Waals surface area contributed by atoms with Crippen molar-refractivity contribution in [2.24, 2.45) is 0 Å². The Labute approximate surface area is 69.3 Å². The number of carbonyl (C=O) groups excluding carboxylic acids is 1. The Balaban J connectivity index is 2.85. The van der Waals surface area contributed by atoms with Crippen molar-refractivity contribution in [1.82, 2.24) is 0 Å². The second kappa shape index (κ2) is 3.46. The molecule has 1 unspecified atom stereocenters. The summed E-state index contributed by atoms with van der Waals surface area (Å²) in [5.74, 6) is 0.248. The Morgan fingerprint density at radius 1 is 1.73 bits per heavy atom. The molecule has 0 aromatic rings. The van der Waals surface area contributed by atoms with E-state index in [0.29, 0.717) is 6.42 Å². The maximum absolute atomic E-state index is 11.2. The summed E-state index contributed by atoms with van der Waals surface area (Å²) in [6.07, 6.45) is 1.37. The summed E-state index contributed by atoms with van der Waals surface area (Å²) in [5, 5.41) is 0. The van der Waals surface area contributed by atoms with Crippen LogP contribution in [0.4, 0.5) is 0 Å². The molecule has 1 rings (SSSR count). The van der Waals surface area contributed by atoms with Crippen molar-refractivity contribution in [2.45, 2.75) is 32.8 Å². The van der Waals surface area contributed by atoms with Gasteiger partial charge in [-0.25, -0.2) is 0 Å². The smallest absolute Gasteiger partial charge is 0.161 e. The van der Waals surface area contributed by atoms with E-state index in [4.69, 9.17) is 4.52 Å². The largest absolute Gasteiger partial charge is 0.358 e. The summed E-state index contributed by atoms with van der Waals surface area (Å²) in [6, 6.07) is 0. The molecule has 0 heterocycles. The molecule has 3 heteroatoms. The minimum absolute atomic E-state index is 0.0162. The first-order valence-corrected chi connectivity index (χ1v) is 4.26. The Morgan fingerprint density at radius 3 is 2.64 bits per heavy atom. The standard InChI is InChI=1S/C8H13O2P/c1-3-6-5(2)8(10-11)4-7(6)9/h8H,3-4,11H2,1-2H3/t8-/m1/s1. The fourth-order valence-corrected chi connectivity index (χ4v) is 1.79. The minimum Gasteiger partial charge on any atom is -0.358 e. The highest BCUT2D eigenvalue weighted by Gasteiger charge is 2.27. The third-order valence-electron chi connectivity index (χ3n) is 2.18. The quantitative estimate of drug-likeness (QED) is 0.594. The molecule has 2 nitrogen and oxygen atoms in total. The number of carbonyl (C=O) groups is 1. The van der Waals surface area contributed by atoms with Crippen LogP contribution in [0.5, 0.6) is 0 Å². The molecule has 0 amide bonds. The summed E-state index contributed by atoms with van der Waals surface area (Å²) in [6.45, 7) is 3.97. The summed E-state index contributed by atoms with van der Waals surface area (Å²) in [5.41, 5.74) is 2.06. The molecule has 1 aliphatic rings. The monoisotopic (exact) mass is 172 g/mol. The molecule has 0 saturated heterocycles. The zero-order valence-electron chi connectivity index (χ0n) is 6.89. The Bertz CT molecular complexity index is 208. The molecule has 0 N–H and O–H groups in total. The summed E-state index contributed by atoms with van der Waals surface area (Å²) in [4.78, 5) is 11.2. The maximum atomic E-state index is 11.2. The lowest BCUT2D eigenvalue weighted by Gasteiger charge is -2.06. The lowest BCUT2D eigenvalue weighted by molar-refractivity contribution is -0.115. The number of allylic oxidation sites excluding steroid dienone is 1. The van der Waals surface area contributed by atoms with Crippen LogP contribution in [0.15, 0.2) is 11.1 Å². The molecule has 0 bridgehead atoms. The van der Waals surface area contributed by atoms with Crippen LogP contribution < -0.4 is 0 Å². The van der Waals surface area contributed by atoms with Gasteiger partial charge in [-0.15, -0.1) is 0 Å². The molecule has 0 spiro atoms. The van der Waals surface area contributed by atoms with Gasteiger partial charge in [-0.2, -0.15) is 0 Å². The molecule has 0 saturated carbocycles. The summed E-state index contributed by atoms with van der Waals surface area (Å²) in [7, 11) is 2.21. The molecular formula is C8H13O2P. The fourth-order valence-electron chi connectivity index (χ4n) is 1.49. The van der Waals surface area contributed by atoms with Crippen molar-refractivity contribution in [3.8, 4) is 0 Å². The van der Waals surface area contributed by atoms with Gasteiger partial charge in [-0.1, -0.05) is 6.92 Å². The van der Waals surface area contributed by atoms with Crippen LogP contribution in [0.25, 0.3) is 0 Å². The van der Waals surface area contributed by atoms with Gasteiger partial charge in [0.1, 0.15) is 0 Å². The van der Waals surface area contributed by atoms with Crippen molar-refractivity contribution in [2.75, 3.05) is 0 Å². The van der Waals surface area contributed by atoms with Crippen molar-refractivity contribution < 1.29 is 9.32 Å².